The Hall–Kier alpha value is -2.63. The molecule has 1 aromatic heterocycles. The molecular weight excluding hydrogens is 292 g/mol. The van der Waals surface area contributed by atoms with Crippen LogP contribution in [0.25, 0.3) is 0 Å². The van der Waals surface area contributed by atoms with Gasteiger partial charge in [-0.25, -0.2) is 4.98 Å². The molecule has 2 heterocycles. The predicted molar refractivity (Wildman–Crippen MR) is 88.2 cm³/mol. The minimum atomic E-state index is -0.107. The summed E-state index contributed by atoms with van der Waals surface area (Å²) in [5, 5.41) is 2.86. The van der Waals surface area contributed by atoms with Crippen LogP contribution in [-0.2, 0) is 16.1 Å². The van der Waals surface area contributed by atoms with Crippen LogP contribution in [-0.4, -0.2) is 27.4 Å². The van der Waals surface area contributed by atoms with Gasteiger partial charge in [0.2, 0.25) is 11.8 Å². The number of aryl methyl sites for hydroxylation is 1. The second-order valence-corrected chi connectivity index (χ2v) is 5.85. The maximum atomic E-state index is 12.1. The quantitative estimate of drug-likeness (QED) is 0.942. The predicted octanol–water partition coefficient (Wildman–Crippen LogP) is 2.35. The monoisotopic (exact) mass is 312 g/mol. The maximum Gasteiger partial charge on any atom is 0.244 e. The zero-order valence-electron chi connectivity index (χ0n) is 13.3. The molecule has 0 bridgehead atoms. The lowest BCUT2D eigenvalue weighted by atomic mass is 10.2. The van der Waals surface area contributed by atoms with Gasteiger partial charge in [0, 0.05) is 36.2 Å². The van der Waals surface area contributed by atoms with Gasteiger partial charge in [0.1, 0.15) is 12.4 Å². The maximum absolute atomic E-state index is 12.1. The number of anilines is 2. The van der Waals surface area contributed by atoms with Gasteiger partial charge in [-0.3, -0.25) is 9.59 Å². The Morgan fingerprint density at radius 1 is 1.35 bits per heavy atom. The normalized spacial score (nSPS) is 17.6. The van der Waals surface area contributed by atoms with E-state index in [2.05, 4.69) is 10.3 Å². The Morgan fingerprint density at radius 3 is 2.65 bits per heavy atom. The van der Waals surface area contributed by atoms with Gasteiger partial charge < -0.3 is 14.8 Å². The molecule has 1 aliphatic heterocycles. The van der Waals surface area contributed by atoms with E-state index in [0.29, 0.717) is 6.42 Å². The lowest BCUT2D eigenvalue weighted by Crippen LogP contribution is -2.30. The largest absolute Gasteiger partial charge is 0.326 e. The molecule has 1 atom stereocenters. The van der Waals surface area contributed by atoms with Crippen LogP contribution in [0.4, 0.5) is 11.4 Å². The molecule has 1 unspecified atom stereocenters. The van der Waals surface area contributed by atoms with Crippen molar-refractivity contribution in [1.29, 1.82) is 0 Å². The first kappa shape index (κ1) is 15.3. The summed E-state index contributed by atoms with van der Waals surface area (Å²) < 4.78 is 1.79. The number of hydrogen-bond acceptors (Lipinski definition) is 3. The van der Waals surface area contributed by atoms with Crippen molar-refractivity contribution in [1.82, 2.24) is 9.55 Å². The minimum absolute atomic E-state index is 0.107. The zero-order valence-corrected chi connectivity index (χ0v) is 13.3. The highest BCUT2D eigenvalue weighted by Gasteiger charge is 2.28. The highest BCUT2D eigenvalue weighted by atomic mass is 16.2. The van der Waals surface area contributed by atoms with Crippen LogP contribution in [0.15, 0.2) is 36.7 Å². The van der Waals surface area contributed by atoms with Crippen LogP contribution >= 0.6 is 0 Å². The van der Waals surface area contributed by atoms with E-state index in [4.69, 9.17) is 0 Å². The second kappa shape index (κ2) is 6.24. The molecule has 2 amide bonds. The van der Waals surface area contributed by atoms with Gasteiger partial charge in [-0.05, 0) is 44.5 Å². The smallest absolute Gasteiger partial charge is 0.244 e. The fourth-order valence-electron chi connectivity index (χ4n) is 2.86. The van der Waals surface area contributed by atoms with Crippen LogP contribution in [0.3, 0.4) is 0 Å². The van der Waals surface area contributed by atoms with E-state index in [1.54, 1.807) is 17.0 Å². The fourth-order valence-corrected chi connectivity index (χ4v) is 2.86. The molecule has 2 aromatic rings. The van der Waals surface area contributed by atoms with Crippen molar-refractivity contribution >= 4 is 23.2 Å². The van der Waals surface area contributed by atoms with Crippen molar-refractivity contribution in [2.24, 2.45) is 0 Å². The average Bonchev–Trinajstić information content (AvgIpc) is 3.06. The first-order valence-electron chi connectivity index (χ1n) is 7.74. The average molecular weight is 312 g/mol. The van der Waals surface area contributed by atoms with Gasteiger partial charge >= 0.3 is 0 Å². The number of aromatic nitrogens is 2. The van der Waals surface area contributed by atoms with Crippen molar-refractivity contribution in [3.8, 4) is 0 Å². The Balaban J connectivity index is 1.64. The van der Waals surface area contributed by atoms with Gasteiger partial charge in [0.25, 0.3) is 0 Å². The molecule has 23 heavy (non-hydrogen) atoms. The van der Waals surface area contributed by atoms with E-state index in [1.165, 1.54) is 0 Å². The Bertz CT molecular complexity index is 720. The number of nitrogens with zero attached hydrogens (tertiary/aromatic N) is 3. The van der Waals surface area contributed by atoms with E-state index in [0.717, 1.165) is 23.6 Å². The molecule has 0 saturated carbocycles. The van der Waals surface area contributed by atoms with Crippen LogP contribution < -0.4 is 10.2 Å². The first-order valence-corrected chi connectivity index (χ1v) is 7.74. The lowest BCUT2D eigenvalue weighted by Gasteiger charge is -2.22. The molecule has 0 aliphatic carbocycles. The van der Waals surface area contributed by atoms with E-state index in [9.17, 15) is 9.59 Å². The fraction of sp³-hybridized carbons (Fsp3) is 0.353. The summed E-state index contributed by atoms with van der Waals surface area (Å²) in [7, 11) is 0. The summed E-state index contributed by atoms with van der Waals surface area (Å²) >= 11 is 0. The van der Waals surface area contributed by atoms with Crippen LogP contribution in [0.5, 0.6) is 0 Å². The number of benzene rings is 1. The first-order chi connectivity index (χ1) is 11.0. The van der Waals surface area contributed by atoms with E-state index < -0.39 is 0 Å². The van der Waals surface area contributed by atoms with Gasteiger partial charge in [0.15, 0.2) is 0 Å². The summed E-state index contributed by atoms with van der Waals surface area (Å²) in [6.45, 7) is 4.14. The van der Waals surface area contributed by atoms with Crippen molar-refractivity contribution < 1.29 is 9.59 Å². The van der Waals surface area contributed by atoms with Gasteiger partial charge in [-0.2, -0.15) is 0 Å². The summed E-state index contributed by atoms with van der Waals surface area (Å²) in [5.74, 6) is 0.853. The van der Waals surface area contributed by atoms with Crippen molar-refractivity contribution in [2.75, 3.05) is 10.2 Å². The Labute approximate surface area is 135 Å². The number of carbonyl (C=O) groups is 2. The van der Waals surface area contributed by atoms with Crippen molar-refractivity contribution in [3.05, 3.63) is 42.5 Å². The standard InChI is InChI=1S/C17H20N4O2/c1-12-3-8-17(23)21(12)15-6-4-14(5-7-15)19-16(22)11-20-10-9-18-13(20)2/h4-7,9-10,12H,3,8,11H2,1-2H3,(H,19,22). The van der Waals surface area contributed by atoms with Crippen LogP contribution in [0, 0.1) is 6.92 Å². The summed E-state index contributed by atoms with van der Waals surface area (Å²) in [6.07, 6.45) is 4.94. The van der Waals surface area contributed by atoms with E-state index in [-0.39, 0.29) is 24.4 Å². The summed E-state index contributed by atoms with van der Waals surface area (Å²) in [4.78, 5) is 29.9. The molecule has 1 N–H and O–H groups in total. The molecule has 6 heteroatoms. The second-order valence-electron chi connectivity index (χ2n) is 5.85. The van der Waals surface area contributed by atoms with Gasteiger partial charge in [-0.1, -0.05) is 0 Å². The molecule has 3 rings (SSSR count). The SMILES string of the molecule is Cc1nccn1CC(=O)Nc1ccc(N2C(=O)CCC2C)cc1. The molecule has 1 fully saturated rings. The Kier molecular flexibility index (Phi) is 4.14. The van der Waals surface area contributed by atoms with Gasteiger partial charge in [0.05, 0.1) is 0 Å². The molecule has 6 nitrogen and oxygen atoms in total. The number of carbonyl (C=O) groups excluding carboxylic acids is 2. The highest BCUT2D eigenvalue weighted by Crippen LogP contribution is 2.27. The molecule has 0 spiro atoms. The summed E-state index contributed by atoms with van der Waals surface area (Å²) in [6, 6.07) is 7.63. The third-order valence-corrected chi connectivity index (χ3v) is 4.15. The number of amides is 2. The number of rotatable bonds is 4. The number of imidazole rings is 1. The number of hydrogen-bond donors (Lipinski definition) is 1. The van der Waals surface area contributed by atoms with Crippen LogP contribution in [0.1, 0.15) is 25.6 Å². The van der Waals surface area contributed by atoms with E-state index in [1.807, 2.05) is 43.0 Å². The van der Waals surface area contributed by atoms with Crippen molar-refractivity contribution in [2.45, 2.75) is 39.3 Å². The zero-order chi connectivity index (χ0) is 16.4. The molecule has 120 valence electrons. The number of nitrogens with one attached hydrogen (secondary N) is 1. The lowest BCUT2D eigenvalue weighted by molar-refractivity contribution is -0.117. The third-order valence-electron chi connectivity index (χ3n) is 4.15. The minimum Gasteiger partial charge on any atom is -0.326 e. The Morgan fingerprint density at radius 2 is 2.09 bits per heavy atom. The molecule has 1 aromatic carbocycles. The van der Waals surface area contributed by atoms with Gasteiger partial charge in [-0.15, -0.1) is 0 Å². The molecule has 1 aliphatic rings. The van der Waals surface area contributed by atoms with E-state index >= 15 is 0 Å². The highest BCUT2D eigenvalue weighted by molar-refractivity contribution is 5.96. The van der Waals surface area contributed by atoms with Crippen LogP contribution in [0.2, 0.25) is 0 Å². The molecule has 1 saturated heterocycles. The summed E-state index contributed by atoms with van der Waals surface area (Å²) in [5.41, 5.74) is 1.60. The third kappa shape index (κ3) is 3.26. The molecule has 0 radical (unpaired) electrons. The topological polar surface area (TPSA) is 67.2 Å². The molecular formula is C17H20N4O2. The van der Waals surface area contributed by atoms with Crippen molar-refractivity contribution in [3.63, 3.8) is 0 Å².